The van der Waals surface area contributed by atoms with E-state index < -0.39 is 24.2 Å². The molecule has 2 amide bonds. The lowest BCUT2D eigenvalue weighted by Gasteiger charge is -2.40. The number of nitrogens with one attached hydrogen (secondary N) is 1. The van der Waals surface area contributed by atoms with Crippen LogP contribution < -0.4 is 5.32 Å². The van der Waals surface area contributed by atoms with Gasteiger partial charge in [-0.3, -0.25) is 14.3 Å². The van der Waals surface area contributed by atoms with E-state index >= 15 is 0 Å². The molecule has 9 heteroatoms. The molecule has 1 aliphatic rings. The van der Waals surface area contributed by atoms with Crippen LogP contribution in [0.5, 0.6) is 0 Å². The van der Waals surface area contributed by atoms with E-state index in [9.17, 15) is 22.8 Å². The van der Waals surface area contributed by atoms with Gasteiger partial charge in [0.25, 0.3) is 5.91 Å². The van der Waals surface area contributed by atoms with Crippen LogP contribution in [0.2, 0.25) is 0 Å². The standard InChI is InChI=1S/C13H17F3N4O2/c1-8(21)18-9-3-4-11(13(14,15)16)20(7-9)12(22)10-5-6-17-19(10)2/h5-6,9,11H,3-4,7H2,1-2H3,(H,18,21)/t9-,11+/m0/s1. The van der Waals surface area contributed by atoms with Crippen LogP contribution in [0.1, 0.15) is 30.3 Å². The molecule has 2 heterocycles. The van der Waals surface area contributed by atoms with Crippen molar-refractivity contribution in [2.45, 2.75) is 38.0 Å². The molecular formula is C13H17F3N4O2. The van der Waals surface area contributed by atoms with Gasteiger partial charge in [0.15, 0.2) is 0 Å². The lowest BCUT2D eigenvalue weighted by atomic mass is 9.97. The van der Waals surface area contributed by atoms with E-state index in [-0.39, 0.29) is 31.0 Å². The third-order valence-electron chi connectivity index (χ3n) is 3.67. The summed E-state index contributed by atoms with van der Waals surface area (Å²) in [7, 11) is 1.49. The van der Waals surface area contributed by atoms with Crippen molar-refractivity contribution < 1.29 is 22.8 Å². The maximum Gasteiger partial charge on any atom is 0.408 e. The van der Waals surface area contributed by atoms with Gasteiger partial charge in [0.1, 0.15) is 11.7 Å². The van der Waals surface area contributed by atoms with Crippen LogP contribution in [0.4, 0.5) is 13.2 Å². The van der Waals surface area contributed by atoms with E-state index in [2.05, 4.69) is 10.4 Å². The molecule has 1 N–H and O–H groups in total. The van der Waals surface area contributed by atoms with Gasteiger partial charge in [-0.15, -0.1) is 0 Å². The van der Waals surface area contributed by atoms with E-state index in [1.165, 1.54) is 30.9 Å². The highest BCUT2D eigenvalue weighted by atomic mass is 19.4. The van der Waals surface area contributed by atoms with Gasteiger partial charge in [0, 0.05) is 32.8 Å². The molecule has 1 saturated heterocycles. The number of carbonyl (C=O) groups excluding carboxylic acids is 2. The summed E-state index contributed by atoms with van der Waals surface area (Å²) in [5, 5.41) is 6.38. The minimum Gasteiger partial charge on any atom is -0.352 e. The summed E-state index contributed by atoms with van der Waals surface area (Å²) >= 11 is 0. The molecule has 0 radical (unpaired) electrons. The first-order valence-corrected chi connectivity index (χ1v) is 6.83. The van der Waals surface area contributed by atoms with Gasteiger partial charge >= 0.3 is 6.18 Å². The van der Waals surface area contributed by atoms with E-state index in [0.29, 0.717) is 0 Å². The molecule has 22 heavy (non-hydrogen) atoms. The summed E-state index contributed by atoms with van der Waals surface area (Å²) in [4.78, 5) is 24.3. The van der Waals surface area contributed by atoms with Crippen molar-refractivity contribution in [2.24, 2.45) is 7.05 Å². The molecule has 1 aromatic heterocycles. The topological polar surface area (TPSA) is 67.2 Å². The Morgan fingerprint density at radius 2 is 2.05 bits per heavy atom. The minimum absolute atomic E-state index is 0.0812. The van der Waals surface area contributed by atoms with Gasteiger partial charge < -0.3 is 10.2 Å². The maximum absolute atomic E-state index is 13.2. The monoisotopic (exact) mass is 318 g/mol. The molecule has 1 aromatic rings. The molecule has 1 aliphatic heterocycles. The van der Waals surface area contributed by atoms with Crippen molar-refractivity contribution in [3.63, 3.8) is 0 Å². The van der Waals surface area contributed by atoms with Gasteiger partial charge in [0.2, 0.25) is 5.91 Å². The van der Waals surface area contributed by atoms with E-state index in [1.807, 2.05) is 0 Å². The third kappa shape index (κ3) is 3.40. The zero-order valence-corrected chi connectivity index (χ0v) is 12.2. The smallest absolute Gasteiger partial charge is 0.352 e. The normalized spacial score (nSPS) is 22.5. The summed E-state index contributed by atoms with van der Waals surface area (Å²) in [6.45, 7) is 1.12. The second kappa shape index (κ2) is 5.98. The Hall–Kier alpha value is -2.06. The number of alkyl halides is 3. The Morgan fingerprint density at radius 1 is 1.36 bits per heavy atom. The molecule has 1 fully saturated rings. The van der Waals surface area contributed by atoms with Crippen LogP contribution in [0, 0.1) is 0 Å². The van der Waals surface area contributed by atoms with Crippen molar-refractivity contribution in [2.75, 3.05) is 6.54 Å². The first kappa shape index (κ1) is 16.3. The number of piperidine rings is 1. The van der Waals surface area contributed by atoms with Crippen LogP contribution in [-0.2, 0) is 11.8 Å². The molecule has 0 bridgehead atoms. The molecule has 0 unspecified atom stereocenters. The predicted octanol–water partition coefficient (Wildman–Crippen LogP) is 1.09. The number of hydrogen-bond acceptors (Lipinski definition) is 3. The van der Waals surface area contributed by atoms with Crippen molar-refractivity contribution in [1.29, 1.82) is 0 Å². The summed E-state index contributed by atoms with van der Waals surface area (Å²) in [6, 6.07) is -0.953. The fraction of sp³-hybridized carbons (Fsp3) is 0.615. The average molecular weight is 318 g/mol. The maximum atomic E-state index is 13.2. The average Bonchev–Trinajstić information content (AvgIpc) is 2.82. The third-order valence-corrected chi connectivity index (χ3v) is 3.67. The molecule has 0 saturated carbocycles. The van der Waals surface area contributed by atoms with Gasteiger partial charge in [-0.25, -0.2) is 0 Å². The van der Waals surface area contributed by atoms with Crippen LogP contribution >= 0.6 is 0 Å². The van der Waals surface area contributed by atoms with Crippen LogP contribution in [0.3, 0.4) is 0 Å². The SMILES string of the molecule is CC(=O)N[C@H]1CC[C@H](C(F)(F)F)N(C(=O)c2ccnn2C)C1. The second-order valence-corrected chi connectivity index (χ2v) is 5.33. The van der Waals surface area contributed by atoms with Gasteiger partial charge in [-0.2, -0.15) is 18.3 Å². The molecule has 0 spiro atoms. The first-order valence-electron chi connectivity index (χ1n) is 6.83. The van der Waals surface area contributed by atoms with Gasteiger partial charge in [-0.05, 0) is 18.9 Å². The van der Waals surface area contributed by atoms with Gasteiger partial charge in [-0.1, -0.05) is 0 Å². The van der Waals surface area contributed by atoms with Crippen molar-refractivity contribution in [1.82, 2.24) is 20.0 Å². The molecule has 6 nitrogen and oxygen atoms in total. The molecule has 2 atom stereocenters. The number of carbonyl (C=O) groups is 2. The zero-order valence-electron chi connectivity index (χ0n) is 12.2. The number of rotatable bonds is 2. The minimum atomic E-state index is -4.50. The van der Waals surface area contributed by atoms with Crippen LogP contribution in [-0.4, -0.2) is 51.3 Å². The number of amides is 2. The zero-order chi connectivity index (χ0) is 16.5. The highest BCUT2D eigenvalue weighted by molar-refractivity contribution is 5.93. The Balaban J connectivity index is 2.25. The van der Waals surface area contributed by atoms with Crippen molar-refractivity contribution in [3.05, 3.63) is 18.0 Å². The number of aromatic nitrogens is 2. The molecular weight excluding hydrogens is 301 g/mol. The molecule has 0 aliphatic carbocycles. The fourth-order valence-corrected chi connectivity index (χ4v) is 2.67. The fourth-order valence-electron chi connectivity index (χ4n) is 2.67. The van der Waals surface area contributed by atoms with Gasteiger partial charge in [0.05, 0.1) is 0 Å². The van der Waals surface area contributed by atoms with Crippen molar-refractivity contribution in [3.8, 4) is 0 Å². The Labute approximate surface area is 125 Å². The Morgan fingerprint density at radius 3 is 2.55 bits per heavy atom. The van der Waals surface area contributed by atoms with E-state index in [0.717, 1.165) is 4.90 Å². The van der Waals surface area contributed by atoms with Crippen molar-refractivity contribution >= 4 is 11.8 Å². The number of hydrogen-bond donors (Lipinski definition) is 1. The lowest BCUT2D eigenvalue weighted by molar-refractivity contribution is -0.184. The van der Waals surface area contributed by atoms with Crippen LogP contribution in [0.25, 0.3) is 0 Å². The van der Waals surface area contributed by atoms with E-state index in [1.54, 1.807) is 0 Å². The molecule has 0 aromatic carbocycles. The Bertz CT molecular complexity index is 570. The van der Waals surface area contributed by atoms with E-state index in [4.69, 9.17) is 0 Å². The summed E-state index contributed by atoms with van der Waals surface area (Å²) < 4.78 is 40.8. The first-order chi connectivity index (χ1) is 10.2. The largest absolute Gasteiger partial charge is 0.408 e. The summed E-state index contributed by atoms with van der Waals surface area (Å²) in [5.41, 5.74) is 0.0812. The summed E-state index contributed by atoms with van der Waals surface area (Å²) in [5.74, 6) is -1.07. The number of likely N-dealkylation sites (tertiary alicyclic amines) is 1. The number of halogens is 3. The lowest BCUT2D eigenvalue weighted by Crippen LogP contribution is -2.58. The Kier molecular flexibility index (Phi) is 4.43. The number of aryl methyl sites for hydroxylation is 1. The number of nitrogens with zero attached hydrogens (tertiary/aromatic N) is 3. The predicted molar refractivity (Wildman–Crippen MR) is 70.9 cm³/mol. The molecule has 2 rings (SSSR count). The molecule has 122 valence electrons. The quantitative estimate of drug-likeness (QED) is 0.888. The van der Waals surface area contributed by atoms with Crippen LogP contribution in [0.15, 0.2) is 12.3 Å². The highest BCUT2D eigenvalue weighted by Gasteiger charge is 2.48. The highest BCUT2D eigenvalue weighted by Crippen LogP contribution is 2.32. The second-order valence-electron chi connectivity index (χ2n) is 5.33. The summed E-state index contributed by atoms with van der Waals surface area (Å²) in [6.07, 6.45) is -3.21.